The number of nitrogens with zero attached hydrogens (tertiary/aromatic N) is 3. The van der Waals surface area contributed by atoms with E-state index in [0.717, 1.165) is 21.7 Å². The summed E-state index contributed by atoms with van der Waals surface area (Å²) in [4.78, 5) is 20.1. The molecule has 0 amide bonds. The van der Waals surface area contributed by atoms with Gasteiger partial charge in [-0.25, -0.2) is 27.0 Å². The predicted octanol–water partition coefficient (Wildman–Crippen LogP) is 5.77. The van der Waals surface area contributed by atoms with Crippen molar-refractivity contribution in [2.45, 2.75) is 38.1 Å². The Bertz CT molecular complexity index is 1980. The number of carbonyl (C=O) groups is 1. The second-order valence-corrected chi connectivity index (χ2v) is 13.7. The highest BCUT2D eigenvalue weighted by Gasteiger charge is 2.25. The van der Waals surface area contributed by atoms with Gasteiger partial charge in [-0.05, 0) is 84.1 Å². The largest absolute Gasteiger partial charge is 0.461 e. The summed E-state index contributed by atoms with van der Waals surface area (Å²) in [5, 5.41) is 2.46. The number of piperidine rings is 1. The summed E-state index contributed by atoms with van der Waals surface area (Å²) < 4.78 is 62.2. The van der Waals surface area contributed by atoms with Crippen LogP contribution in [0.1, 0.15) is 40.2 Å². The Morgan fingerprint density at radius 3 is 2.47 bits per heavy atom. The van der Waals surface area contributed by atoms with Crippen molar-refractivity contribution in [2.75, 3.05) is 31.0 Å². The number of aromatic nitrogens is 2. The molecule has 0 bridgehead atoms. The van der Waals surface area contributed by atoms with Crippen LogP contribution < -0.4 is 10.5 Å². The Labute approximate surface area is 272 Å². The van der Waals surface area contributed by atoms with Gasteiger partial charge in [0.05, 0.1) is 31.1 Å². The zero-order valence-electron chi connectivity index (χ0n) is 25.8. The van der Waals surface area contributed by atoms with E-state index in [1.165, 1.54) is 0 Å². The highest BCUT2D eigenvalue weighted by molar-refractivity contribution is 7.91. The van der Waals surface area contributed by atoms with E-state index in [2.05, 4.69) is 4.72 Å². The molecule has 3 N–H and O–H groups in total. The molecule has 0 unspecified atom stereocenters. The van der Waals surface area contributed by atoms with E-state index in [1.54, 1.807) is 51.9 Å². The number of rotatable bonds is 12. The Balaban J connectivity index is 1.29. The number of sulfonamides is 1. The summed E-state index contributed by atoms with van der Waals surface area (Å²) in [5.74, 6) is -0.612. The van der Waals surface area contributed by atoms with E-state index in [4.69, 9.17) is 15.5 Å². The van der Waals surface area contributed by atoms with Crippen LogP contribution >= 0.6 is 0 Å². The minimum absolute atomic E-state index is 0.0807. The molecule has 1 saturated heterocycles. The molecule has 9 nitrogen and oxygen atoms in total. The lowest BCUT2D eigenvalue weighted by Crippen LogP contribution is -2.38. The van der Waals surface area contributed by atoms with Crippen LogP contribution in [-0.4, -0.2) is 61.5 Å². The van der Waals surface area contributed by atoms with Gasteiger partial charge in [0.25, 0.3) is 6.43 Å². The number of fused-ring (bicyclic) bond motifs is 2. The number of esters is 1. The quantitative estimate of drug-likeness (QED) is 0.163. The normalized spacial score (nSPS) is 14.6. The maximum atomic E-state index is 13.6. The molecule has 0 aliphatic carbocycles. The second kappa shape index (κ2) is 14.2. The third-order valence-electron chi connectivity index (χ3n) is 8.52. The Hall–Kier alpha value is -4.39. The van der Waals surface area contributed by atoms with Crippen molar-refractivity contribution < 1.29 is 26.7 Å². The van der Waals surface area contributed by atoms with E-state index >= 15 is 0 Å². The van der Waals surface area contributed by atoms with Crippen molar-refractivity contribution in [2.24, 2.45) is 11.7 Å². The first-order chi connectivity index (χ1) is 22.7. The molecule has 6 rings (SSSR count). The Kier molecular flexibility index (Phi) is 9.81. The number of pyridine rings is 1. The molecule has 5 aromatic rings. The average Bonchev–Trinajstić information content (AvgIpc) is 3.41. The fourth-order valence-electron chi connectivity index (χ4n) is 6.17. The van der Waals surface area contributed by atoms with Crippen LogP contribution in [0, 0.1) is 5.92 Å². The number of anilines is 1. The molecule has 246 valence electrons. The summed E-state index contributed by atoms with van der Waals surface area (Å²) >= 11 is 0. The molecule has 47 heavy (non-hydrogen) atoms. The molecule has 1 aliphatic heterocycles. The molecule has 12 heteroatoms. The molecular formula is C35H37F2N5O4S. The van der Waals surface area contributed by atoms with Gasteiger partial charge < -0.3 is 15.0 Å². The minimum Gasteiger partial charge on any atom is -0.461 e. The van der Waals surface area contributed by atoms with Crippen molar-refractivity contribution in [3.05, 3.63) is 107 Å². The summed E-state index contributed by atoms with van der Waals surface area (Å²) in [6, 6.07) is 25.6. The molecule has 3 heterocycles. The van der Waals surface area contributed by atoms with E-state index in [1.807, 2.05) is 42.5 Å². The number of benzene rings is 3. The van der Waals surface area contributed by atoms with Gasteiger partial charge in [-0.3, -0.25) is 9.62 Å². The highest BCUT2D eigenvalue weighted by atomic mass is 32.2. The standard InChI is InChI=1S/C35H37F2N5O4S/c36-33(37)21-41-14-12-24(13-15-41)22-46-35(43)32-18-27-10-11-29(19-38)39-34(27)42(32)20-28-17-30(16-26-8-4-5-9-31(26)28)40-47(44,45)23-25-6-2-1-3-7-25/h1-11,16-18,24,33,40H,12-15,19-23,38H2. The van der Waals surface area contributed by atoms with Crippen molar-refractivity contribution in [3.63, 3.8) is 0 Å². The van der Waals surface area contributed by atoms with Gasteiger partial charge in [-0.1, -0.05) is 54.6 Å². The fraction of sp³-hybridized carbons (Fsp3) is 0.314. The van der Waals surface area contributed by atoms with E-state index in [-0.39, 0.29) is 37.9 Å². The number of ether oxygens (including phenoxy) is 1. The fourth-order valence-corrected chi connectivity index (χ4v) is 7.35. The smallest absolute Gasteiger partial charge is 0.355 e. The first-order valence-corrected chi connectivity index (χ1v) is 17.3. The van der Waals surface area contributed by atoms with Gasteiger partial charge in [0, 0.05) is 17.6 Å². The summed E-state index contributed by atoms with van der Waals surface area (Å²) in [6.07, 6.45) is -1.03. The topological polar surface area (TPSA) is 120 Å². The van der Waals surface area contributed by atoms with E-state index < -0.39 is 22.4 Å². The molecule has 0 spiro atoms. The highest BCUT2D eigenvalue weighted by Crippen LogP contribution is 2.29. The zero-order valence-corrected chi connectivity index (χ0v) is 26.6. The third kappa shape index (κ3) is 7.95. The van der Waals surface area contributed by atoms with Gasteiger partial charge in [0.1, 0.15) is 11.3 Å². The number of hydrogen-bond acceptors (Lipinski definition) is 7. The van der Waals surface area contributed by atoms with Crippen LogP contribution in [-0.2, 0) is 33.6 Å². The number of nitrogens with one attached hydrogen (secondary N) is 1. The molecular weight excluding hydrogens is 624 g/mol. The van der Waals surface area contributed by atoms with Crippen LogP contribution in [0.3, 0.4) is 0 Å². The van der Waals surface area contributed by atoms with E-state index in [0.29, 0.717) is 54.2 Å². The first kappa shape index (κ1) is 32.5. The Morgan fingerprint density at radius 2 is 1.72 bits per heavy atom. The Morgan fingerprint density at radius 1 is 0.979 bits per heavy atom. The number of hydrogen-bond donors (Lipinski definition) is 2. The SMILES string of the molecule is NCc1ccc2cc(C(=O)OCC3CCN(CC(F)F)CC3)n(Cc3cc(NS(=O)(=O)Cc4ccccc4)cc4ccccc34)c2n1. The van der Waals surface area contributed by atoms with Crippen molar-refractivity contribution in [1.29, 1.82) is 0 Å². The summed E-state index contributed by atoms with van der Waals surface area (Å²) in [5.41, 5.74) is 9.27. The second-order valence-electron chi connectivity index (χ2n) is 12.0. The lowest BCUT2D eigenvalue weighted by atomic mass is 9.98. The molecule has 1 fully saturated rings. The third-order valence-corrected chi connectivity index (χ3v) is 9.78. The molecule has 1 aliphatic rings. The molecule has 2 aromatic heterocycles. The minimum atomic E-state index is -3.73. The maximum absolute atomic E-state index is 13.6. The first-order valence-electron chi connectivity index (χ1n) is 15.6. The van der Waals surface area contributed by atoms with Gasteiger partial charge in [0.15, 0.2) is 0 Å². The number of alkyl halides is 2. The van der Waals surface area contributed by atoms with Crippen molar-refractivity contribution in [1.82, 2.24) is 14.5 Å². The predicted molar refractivity (Wildman–Crippen MR) is 179 cm³/mol. The molecule has 0 radical (unpaired) electrons. The lowest BCUT2D eigenvalue weighted by Gasteiger charge is -2.31. The monoisotopic (exact) mass is 661 g/mol. The number of nitrogens with two attached hydrogens (primary N) is 1. The summed E-state index contributed by atoms with van der Waals surface area (Å²) in [7, 11) is -3.73. The van der Waals surface area contributed by atoms with Crippen molar-refractivity contribution in [3.8, 4) is 0 Å². The maximum Gasteiger partial charge on any atom is 0.355 e. The molecule has 0 atom stereocenters. The van der Waals surface area contributed by atoms with Crippen LogP contribution in [0.4, 0.5) is 14.5 Å². The van der Waals surface area contributed by atoms with Crippen molar-refractivity contribution >= 4 is 43.5 Å². The van der Waals surface area contributed by atoms with Crippen LogP contribution in [0.2, 0.25) is 0 Å². The van der Waals surface area contributed by atoms with Gasteiger partial charge in [0.2, 0.25) is 10.0 Å². The van der Waals surface area contributed by atoms with Gasteiger partial charge >= 0.3 is 5.97 Å². The number of halogens is 2. The average molecular weight is 662 g/mol. The number of likely N-dealkylation sites (tertiary alicyclic amines) is 1. The molecule has 0 saturated carbocycles. The number of carbonyl (C=O) groups excluding carboxylic acids is 1. The van der Waals surface area contributed by atoms with E-state index in [9.17, 15) is 22.0 Å². The summed E-state index contributed by atoms with van der Waals surface area (Å²) in [6.45, 7) is 1.44. The van der Waals surface area contributed by atoms with Gasteiger partial charge in [-0.2, -0.15) is 0 Å². The lowest BCUT2D eigenvalue weighted by molar-refractivity contribution is 0.0300. The zero-order chi connectivity index (χ0) is 33.0. The molecule has 3 aromatic carbocycles. The van der Waals surface area contributed by atoms with Crippen LogP contribution in [0.5, 0.6) is 0 Å². The van der Waals surface area contributed by atoms with Crippen LogP contribution in [0.15, 0.2) is 84.9 Å². The van der Waals surface area contributed by atoms with Gasteiger partial charge in [-0.15, -0.1) is 0 Å². The van der Waals surface area contributed by atoms with Crippen LogP contribution in [0.25, 0.3) is 21.8 Å².